The summed E-state index contributed by atoms with van der Waals surface area (Å²) in [5, 5.41) is 7.10. The van der Waals surface area contributed by atoms with Gasteiger partial charge in [-0.15, -0.1) is 12.4 Å². The monoisotopic (exact) mass is 178 g/mol. The maximum Gasteiger partial charge on any atom is 0.0938 e. The number of amidine groups is 1. The molecule has 3 nitrogen and oxygen atoms in total. The fourth-order valence-electron chi connectivity index (χ4n) is 1.19. The van der Waals surface area contributed by atoms with Gasteiger partial charge in [0.25, 0.3) is 0 Å². The van der Waals surface area contributed by atoms with Crippen molar-refractivity contribution in [3.8, 4) is 0 Å². The van der Waals surface area contributed by atoms with Crippen LogP contribution in [0.4, 0.5) is 0 Å². The molecule has 1 aliphatic rings. The van der Waals surface area contributed by atoms with Gasteiger partial charge in [-0.2, -0.15) is 0 Å². The van der Waals surface area contributed by atoms with Crippen molar-refractivity contribution in [2.24, 2.45) is 11.7 Å². The Morgan fingerprint density at radius 1 is 1.64 bits per heavy atom. The van der Waals surface area contributed by atoms with Crippen molar-refractivity contribution < 1.29 is 4.74 Å². The zero-order chi connectivity index (χ0) is 7.56. The zero-order valence-corrected chi connectivity index (χ0v) is 7.49. The number of hydrogen-bond acceptors (Lipinski definition) is 2. The second-order valence-electron chi connectivity index (χ2n) is 2.70. The number of halogens is 1. The van der Waals surface area contributed by atoms with E-state index in [9.17, 15) is 0 Å². The van der Waals surface area contributed by atoms with E-state index in [0.29, 0.717) is 17.9 Å². The highest BCUT2D eigenvalue weighted by atomic mass is 35.5. The highest BCUT2D eigenvalue weighted by molar-refractivity contribution is 5.85. The molecule has 11 heavy (non-hydrogen) atoms. The smallest absolute Gasteiger partial charge is 0.0938 e. The van der Waals surface area contributed by atoms with Gasteiger partial charge in [-0.3, -0.25) is 5.41 Å². The van der Waals surface area contributed by atoms with Gasteiger partial charge in [0.1, 0.15) is 0 Å². The van der Waals surface area contributed by atoms with E-state index in [0.717, 1.165) is 19.4 Å². The lowest BCUT2D eigenvalue weighted by atomic mass is 9.81. The summed E-state index contributed by atoms with van der Waals surface area (Å²) in [5.41, 5.74) is 5.28. The molecule has 66 valence electrons. The van der Waals surface area contributed by atoms with Crippen molar-refractivity contribution >= 4 is 18.2 Å². The Morgan fingerprint density at radius 2 is 2.18 bits per heavy atom. The van der Waals surface area contributed by atoms with Crippen molar-refractivity contribution in [2.45, 2.75) is 25.9 Å². The first-order valence-electron chi connectivity index (χ1n) is 3.69. The molecule has 0 amide bonds. The molecule has 4 heteroatoms. The van der Waals surface area contributed by atoms with E-state index in [1.54, 1.807) is 0 Å². The van der Waals surface area contributed by atoms with Crippen LogP contribution < -0.4 is 5.73 Å². The molecule has 0 bridgehead atoms. The molecule has 1 saturated carbocycles. The SMILES string of the molecule is CCOC1CC(C(=N)N)C1.Cl. The molecule has 1 aliphatic carbocycles. The molecule has 1 fully saturated rings. The fraction of sp³-hybridized carbons (Fsp3) is 0.857. The van der Waals surface area contributed by atoms with E-state index in [2.05, 4.69) is 0 Å². The summed E-state index contributed by atoms with van der Waals surface area (Å²) in [6.45, 7) is 2.76. The molecule has 0 aromatic heterocycles. The lowest BCUT2D eigenvalue weighted by Crippen LogP contribution is -2.39. The van der Waals surface area contributed by atoms with E-state index in [1.165, 1.54) is 0 Å². The van der Waals surface area contributed by atoms with Gasteiger partial charge in [0, 0.05) is 12.5 Å². The first kappa shape index (κ1) is 10.7. The second kappa shape index (κ2) is 4.57. The van der Waals surface area contributed by atoms with Gasteiger partial charge in [0.15, 0.2) is 0 Å². The van der Waals surface area contributed by atoms with E-state index in [4.69, 9.17) is 15.9 Å². The summed E-state index contributed by atoms with van der Waals surface area (Å²) in [4.78, 5) is 0. The van der Waals surface area contributed by atoms with Crippen molar-refractivity contribution in [1.29, 1.82) is 5.41 Å². The van der Waals surface area contributed by atoms with E-state index < -0.39 is 0 Å². The van der Waals surface area contributed by atoms with Crippen molar-refractivity contribution in [3.63, 3.8) is 0 Å². The lowest BCUT2D eigenvalue weighted by Gasteiger charge is -2.33. The normalized spacial score (nSPS) is 28.5. The molecule has 3 N–H and O–H groups in total. The number of hydrogen-bond donors (Lipinski definition) is 2. The Balaban J connectivity index is 0.000001000. The summed E-state index contributed by atoms with van der Waals surface area (Å²) in [6, 6.07) is 0. The molecule has 0 atom stereocenters. The zero-order valence-electron chi connectivity index (χ0n) is 6.67. The fourth-order valence-corrected chi connectivity index (χ4v) is 1.19. The Bertz CT molecular complexity index is 134. The number of nitrogens with one attached hydrogen (secondary N) is 1. The van der Waals surface area contributed by atoms with Crippen LogP contribution in [0.3, 0.4) is 0 Å². The minimum atomic E-state index is 0. The minimum Gasteiger partial charge on any atom is -0.387 e. The van der Waals surface area contributed by atoms with Crippen molar-refractivity contribution in [2.75, 3.05) is 6.61 Å². The predicted molar refractivity (Wildman–Crippen MR) is 47.3 cm³/mol. The van der Waals surface area contributed by atoms with E-state index in [1.807, 2.05) is 6.92 Å². The molecular formula is C7H15ClN2O. The largest absolute Gasteiger partial charge is 0.387 e. The molecule has 0 unspecified atom stereocenters. The predicted octanol–water partition coefficient (Wildman–Crippen LogP) is 1.16. The Hall–Kier alpha value is -0.280. The maximum atomic E-state index is 7.10. The first-order valence-corrected chi connectivity index (χ1v) is 3.69. The molecule has 0 aliphatic heterocycles. The Labute approximate surface area is 73.2 Å². The van der Waals surface area contributed by atoms with Crippen LogP contribution in [0, 0.1) is 11.3 Å². The average molecular weight is 179 g/mol. The number of rotatable bonds is 3. The molecule has 0 spiro atoms. The average Bonchev–Trinajstić information content (AvgIpc) is 1.76. The van der Waals surface area contributed by atoms with Gasteiger partial charge in [-0.05, 0) is 19.8 Å². The van der Waals surface area contributed by atoms with Crippen LogP contribution in [0.2, 0.25) is 0 Å². The van der Waals surface area contributed by atoms with Crippen LogP contribution in [-0.4, -0.2) is 18.5 Å². The third-order valence-corrected chi connectivity index (χ3v) is 1.94. The highest BCUT2D eigenvalue weighted by Gasteiger charge is 2.31. The van der Waals surface area contributed by atoms with Crippen LogP contribution in [0.5, 0.6) is 0 Å². The molecule has 0 heterocycles. The van der Waals surface area contributed by atoms with E-state index in [-0.39, 0.29) is 12.4 Å². The summed E-state index contributed by atoms with van der Waals surface area (Å²) >= 11 is 0. The quantitative estimate of drug-likeness (QED) is 0.503. The topological polar surface area (TPSA) is 59.1 Å². The Morgan fingerprint density at radius 3 is 2.55 bits per heavy atom. The summed E-state index contributed by atoms with van der Waals surface area (Å²) in [6.07, 6.45) is 2.27. The summed E-state index contributed by atoms with van der Waals surface area (Å²) in [7, 11) is 0. The van der Waals surface area contributed by atoms with Gasteiger partial charge in [-0.25, -0.2) is 0 Å². The summed E-state index contributed by atoms with van der Waals surface area (Å²) in [5.74, 6) is 0.618. The highest BCUT2D eigenvalue weighted by Crippen LogP contribution is 2.29. The number of nitrogens with two attached hydrogens (primary N) is 1. The van der Waals surface area contributed by atoms with Crippen LogP contribution in [-0.2, 0) is 4.74 Å². The van der Waals surface area contributed by atoms with Gasteiger partial charge >= 0.3 is 0 Å². The van der Waals surface area contributed by atoms with Crippen LogP contribution in [0.25, 0.3) is 0 Å². The third kappa shape index (κ3) is 2.67. The van der Waals surface area contributed by atoms with Crippen molar-refractivity contribution in [1.82, 2.24) is 0 Å². The van der Waals surface area contributed by atoms with Crippen LogP contribution in [0.15, 0.2) is 0 Å². The molecule has 0 aromatic carbocycles. The van der Waals surface area contributed by atoms with E-state index >= 15 is 0 Å². The summed E-state index contributed by atoms with van der Waals surface area (Å²) < 4.78 is 5.31. The lowest BCUT2D eigenvalue weighted by molar-refractivity contribution is -0.00694. The second-order valence-corrected chi connectivity index (χ2v) is 2.70. The third-order valence-electron chi connectivity index (χ3n) is 1.94. The van der Waals surface area contributed by atoms with Gasteiger partial charge in [0.2, 0.25) is 0 Å². The van der Waals surface area contributed by atoms with Crippen molar-refractivity contribution in [3.05, 3.63) is 0 Å². The standard InChI is InChI=1S/C7H14N2O.ClH/c1-2-10-6-3-5(4-6)7(8)9;/h5-6H,2-4H2,1H3,(H3,8,9);1H. The minimum absolute atomic E-state index is 0. The number of ether oxygens (including phenoxy) is 1. The molecule has 1 rings (SSSR count). The van der Waals surface area contributed by atoms with Gasteiger partial charge in [-0.1, -0.05) is 0 Å². The molecular weight excluding hydrogens is 164 g/mol. The molecule has 0 radical (unpaired) electrons. The molecule has 0 saturated heterocycles. The first-order chi connectivity index (χ1) is 4.74. The van der Waals surface area contributed by atoms with Crippen LogP contribution in [0.1, 0.15) is 19.8 Å². The Kier molecular flexibility index (Phi) is 4.45. The maximum absolute atomic E-state index is 7.10. The van der Waals surface area contributed by atoms with Crippen LogP contribution >= 0.6 is 12.4 Å². The molecule has 0 aromatic rings. The van der Waals surface area contributed by atoms with Gasteiger partial charge < -0.3 is 10.5 Å². The van der Waals surface area contributed by atoms with Gasteiger partial charge in [0.05, 0.1) is 11.9 Å².